The van der Waals surface area contributed by atoms with E-state index in [0.29, 0.717) is 13.1 Å². The van der Waals surface area contributed by atoms with Gasteiger partial charge in [-0.15, -0.1) is 10.2 Å². The summed E-state index contributed by atoms with van der Waals surface area (Å²) < 4.78 is 1.99. The van der Waals surface area contributed by atoms with Gasteiger partial charge in [-0.25, -0.2) is 0 Å². The molecule has 0 saturated carbocycles. The first-order valence-corrected chi connectivity index (χ1v) is 7.55. The van der Waals surface area contributed by atoms with Crippen LogP contribution in [-0.2, 0) is 19.6 Å². The largest absolute Gasteiger partial charge is 0.349 e. The van der Waals surface area contributed by atoms with Crippen molar-refractivity contribution in [3.05, 3.63) is 47.0 Å². The van der Waals surface area contributed by atoms with E-state index in [4.69, 9.17) is 11.6 Å². The lowest BCUT2D eigenvalue weighted by Gasteiger charge is -2.22. The molecular weight excluding hydrogens is 300 g/mol. The lowest BCUT2D eigenvalue weighted by molar-refractivity contribution is 0.474. The topological polar surface area (TPSA) is 58.3 Å². The number of guanidine groups is 1. The SMILES string of the molecule is CCn1cnnc1CNC(=NC)N(C)Cc1ccccc1Cl. The first-order valence-electron chi connectivity index (χ1n) is 7.17. The smallest absolute Gasteiger partial charge is 0.194 e. The molecule has 1 aromatic heterocycles. The molecule has 1 heterocycles. The molecule has 0 aliphatic heterocycles. The van der Waals surface area contributed by atoms with Gasteiger partial charge in [0.2, 0.25) is 0 Å². The van der Waals surface area contributed by atoms with Crippen LogP contribution >= 0.6 is 11.6 Å². The van der Waals surface area contributed by atoms with E-state index in [1.807, 2.05) is 40.8 Å². The zero-order valence-corrected chi connectivity index (χ0v) is 13.9. The third-order valence-corrected chi connectivity index (χ3v) is 3.75. The lowest BCUT2D eigenvalue weighted by Crippen LogP contribution is -2.38. The molecule has 0 fully saturated rings. The Labute approximate surface area is 135 Å². The van der Waals surface area contributed by atoms with E-state index >= 15 is 0 Å². The van der Waals surface area contributed by atoms with Gasteiger partial charge < -0.3 is 14.8 Å². The van der Waals surface area contributed by atoms with Crippen LogP contribution < -0.4 is 5.32 Å². The first kappa shape index (κ1) is 16.3. The molecule has 0 amide bonds. The van der Waals surface area contributed by atoms with E-state index < -0.39 is 0 Å². The Morgan fingerprint density at radius 1 is 1.41 bits per heavy atom. The Morgan fingerprint density at radius 2 is 2.18 bits per heavy atom. The highest BCUT2D eigenvalue weighted by molar-refractivity contribution is 6.31. The fourth-order valence-corrected chi connectivity index (χ4v) is 2.38. The van der Waals surface area contributed by atoms with Gasteiger partial charge in [0, 0.05) is 32.2 Å². The van der Waals surface area contributed by atoms with Gasteiger partial charge in [0.15, 0.2) is 11.8 Å². The van der Waals surface area contributed by atoms with Crippen molar-refractivity contribution in [3.63, 3.8) is 0 Å². The number of aliphatic imine (C=N–C) groups is 1. The zero-order valence-electron chi connectivity index (χ0n) is 13.1. The Morgan fingerprint density at radius 3 is 2.86 bits per heavy atom. The number of benzene rings is 1. The lowest BCUT2D eigenvalue weighted by atomic mass is 10.2. The third kappa shape index (κ3) is 3.98. The molecule has 22 heavy (non-hydrogen) atoms. The van der Waals surface area contributed by atoms with Gasteiger partial charge in [0.05, 0.1) is 6.54 Å². The molecule has 0 radical (unpaired) electrons. The zero-order chi connectivity index (χ0) is 15.9. The Kier molecular flexibility index (Phi) is 5.77. The average molecular weight is 321 g/mol. The van der Waals surface area contributed by atoms with Crippen LogP contribution in [0.15, 0.2) is 35.6 Å². The van der Waals surface area contributed by atoms with Crippen LogP contribution in [0.3, 0.4) is 0 Å². The highest BCUT2D eigenvalue weighted by Crippen LogP contribution is 2.16. The van der Waals surface area contributed by atoms with Crippen LogP contribution in [0.5, 0.6) is 0 Å². The molecular formula is C15H21ClN6. The standard InChI is InChI=1S/C15H21ClN6/c1-4-22-11-19-20-14(22)9-18-15(17-2)21(3)10-12-7-5-6-8-13(12)16/h5-8,11H,4,9-10H2,1-3H3,(H,17,18). The van der Waals surface area contributed by atoms with Crippen LogP contribution in [0, 0.1) is 0 Å². The Balaban J connectivity index is 1.98. The predicted octanol–water partition coefficient (Wildman–Crippen LogP) is 2.16. The first-order chi connectivity index (χ1) is 10.7. The molecule has 0 saturated heterocycles. The second-order valence-corrected chi connectivity index (χ2v) is 5.29. The second kappa shape index (κ2) is 7.79. The maximum absolute atomic E-state index is 6.21. The number of hydrogen-bond acceptors (Lipinski definition) is 3. The summed E-state index contributed by atoms with van der Waals surface area (Å²) in [5, 5.41) is 12.1. The van der Waals surface area contributed by atoms with Gasteiger partial charge in [-0.1, -0.05) is 29.8 Å². The molecule has 2 rings (SSSR count). The van der Waals surface area contributed by atoms with Gasteiger partial charge in [-0.3, -0.25) is 4.99 Å². The van der Waals surface area contributed by atoms with E-state index in [9.17, 15) is 0 Å². The highest BCUT2D eigenvalue weighted by Gasteiger charge is 2.10. The molecule has 0 unspecified atom stereocenters. The van der Waals surface area contributed by atoms with E-state index in [0.717, 1.165) is 28.9 Å². The highest BCUT2D eigenvalue weighted by atomic mass is 35.5. The van der Waals surface area contributed by atoms with Crippen molar-refractivity contribution in [2.24, 2.45) is 4.99 Å². The summed E-state index contributed by atoms with van der Waals surface area (Å²) in [5.74, 6) is 1.67. The summed E-state index contributed by atoms with van der Waals surface area (Å²) in [5.41, 5.74) is 1.06. The van der Waals surface area contributed by atoms with Gasteiger partial charge in [0.25, 0.3) is 0 Å². The maximum Gasteiger partial charge on any atom is 0.194 e. The number of halogens is 1. The molecule has 1 N–H and O–H groups in total. The predicted molar refractivity (Wildman–Crippen MR) is 88.8 cm³/mol. The minimum Gasteiger partial charge on any atom is -0.349 e. The summed E-state index contributed by atoms with van der Waals surface area (Å²) in [6.07, 6.45) is 1.73. The summed E-state index contributed by atoms with van der Waals surface area (Å²) in [7, 11) is 3.74. The molecule has 0 bridgehead atoms. The Bertz CT molecular complexity index is 636. The molecule has 2 aromatic rings. The van der Waals surface area contributed by atoms with E-state index in [-0.39, 0.29) is 0 Å². The number of nitrogens with zero attached hydrogens (tertiary/aromatic N) is 5. The normalized spacial score (nSPS) is 11.5. The molecule has 0 atom stereocenters. The third-order valence-electron chi connectivity index (χ3n) is 3.38. The summed E-state index contributed by atoms with van der Waals surface area (Å²) in [6, 6.07) is 7.82. The molecule has 1 aromatic carbocycles. The van der Waals surface area contributed by atoms with Gasteiger partial charge in [-0.05, 0) is 18.6 Å². The number of nitrogens with one attached hydrogen (secondary N) is 1. The van der Waals surface area contributed by atoms with Crippen molar-refractivity contribution < 1.29 is 0 Å². The number of aryl methyl sites for hydroxylation is 1. The minimum absolute atomic E-state index is 0.577. The van der Waals surface area contributed by atoms with Crippen molar-refractivity contribution in [2.75, 3.05) is 14.1 Å². The van der Waals surface area contributed by atoms with Crippen LogP contribution in [0.4, 0.5) is 0 Å². The van der Waals surface area contributed by atoms with Gasteiger partial charge in [-0.2, -0.15) is 0 Å². The molecule has 0 aliphatic carbocycles. The average Bonchev–Trinajstić information content (AvgIpc) is 2.98. The molecule has 0 spiro atoms. The summed E-state index contributed by atoms with van der Waals surface area (Å²) in [4.78, 5) is 6.32. The monoisotopic (exact) mass is 320 g/mol. The van der Waals surface area contributed by atoms with Crippen LogP contribution in [-0.4, -0.2) is 39.7 Å². The van der Waals surface area contributed by atoms with Crippen molar-refractivity contribution in [1.82, 2.24) is 25.0 Å². The fourth-order valence-electron chi connectivity index (χ4n) is 2.18. The van der Waals surface area contributed by atoms with Crippen LogP contribution in [0.2, 0.25) is 5.02 Å². The van der Waals surface area contributed by atoms with E-state index in [2.05, 4.69) is 27.4 Å². The Hall–Kier alpha value is -2.08. The van der Waals surface area contributed by atoms with E-state index in [1.54, 1.807) is 13.4 Å². The number of rotatable bonds is 5. The van der Waals surface area contributed by atoms with Crippen molar-refractivity contribution >= 4 is 17.6 Å². The molecule has 6 nitrogen and oxygen atoms in total. The van der Waals surface area contributed by atoms with Crippen molar-refractivity contribution in [2.45, 2.75) is 26.6 Å². The van der Waals surface area contributed by atoms with Gasteiger partial charge >= 0.3 is 0 Å². The van der Waals surface area contributed by atoms with Crippen molar-refractivity contribution in [3.8, 4) is 0 Å². The molecule has 118 valence electrons. The summed E-state index contributed by atoms with van der Waals surface area (Å²) >= 11 is 6.21. The summed E-state index contributed by atoms with van der Waals surface area (Å²) in [6.45, 7) is 4.16. The van der Waals surface area contributed by atoms with Crippen LogP contribution in [0.1, 0.15) is 18.3 Å². The number of aromatic nitrogens is 3. The maximum atomic E-state index is 6.21. The number of hydrogen-bond donors (Lipinski definition) is 1. The van der Waals surface area contributed by atoms with Crippen LogP contribution in [0.25, 0.3) is 0 Å². The minimum atomic E-state index is 0.577. The second-order valence-electron chi connectivity index (χ2n) is 4.88. The van der Waals surface area contributed by atoms with Gasteiger partial charge in [0.1, 0.15) is 6.33 Å². The fraction of sp³-hybridized carbons (Fsp3) is 0.400. The van der Waals surface area contributed by atoms with E-state index in [1.165, 1.54) is 0 Å². The molecule has 7 heteroatoms. The quantitative estimate of drug-likeness (QED) is 0.677. The molecule has 0 aliphatic rings. The van der Waals surface area contributed by atoms with Crippen molar-refractivity contribution in [1.29, 1.82) is 0 Å².